The van der Waals surface area contributed by atoms with Gasteiger partial charge in [-0.3, -0.25) is 4.79 Å². The van der Waals surface area contributed by atoms with Crippen molar-refractivity contribution in [3.05, 3.63) is 42.2 Å². The monoisotopic (exact) mass is 207 g/mol. The third-order valence-corrected chi connectivity index (χ3v) is 2.51. The van der Waals surface area contributed by atoms with Crippen LogP contribution in [0.25, 0.3) is 0 Å². The topological polar surface area (TPSA) is 49.3 Å². The van der Waals surface area contributed by atoms with Crippen molar-refractivity contribution in [3.63, 3.8) is 0 Å². The third kappa shape index (κ3) is 1.26. The van der Waals surface area contributed by atoms with Gasteiger partial charge in [0.15, 0.2) is 5.60 Å². The summed E-state index contributed by atoms with van der Waals surface area (Å²) in [6.07, 6.45) is 1.49. The number of rotatable bonds is 2. The molecule has 1 amide bonds. The highest BCUT2D eigenvalue weighted by Gasteiger charge is 2.45. The lowest BCUT2D eigenvalue weighted by Gasteiger charge is -2.18. The molecule has 15 heavy (non-hydrogen) atoms. The lowest BCUT2D eigenvalue weighted by Crippen LogP contribution is -2.33. The largest absolute Gasteiger partial charge is 0.375 e. The average molecular weight is 207 g/mol. The number of nitrogens with one attached hydrogen (secondary N) is 1. The molecule has 2 N–H and O–H groups in total. The van der Waals surface area contributed by atoms with Crippen LogP contribution < -0.4 is 5.32 Å². The molecule has 4 heteroatoms. The summed E-state index contributed by atoms with van der Waals surface area (Å²) in [5.74, 6) is -1.15. The van der Waals surface area contributed by atoms with Crippen LogP contribution in [0.4, 0.5) is 10.1 Å². The third-order valence-electron chi connectivity index (χ3n) is 2.51. The summed E-state index contributed by atoms with van der Waals surface area (Å²) in [4.78, 5) is 11.5. The lowest BCUT2D eigenvalue weighted by molar-refractivity contribution is -0.133. The summed E-state index contributed by atoms with van der Waals surface area (Å²) in [5.41, 5.74) is -1.35. The van der Waals surface area contributed by atoms with Crippen molar-refractivity contribution in [1.29, 1.82) is 0 Å². The number of hydrogen-bond donors (Lipinski definition) is 2. The van der Waals surface area contributed by atoms with E-state index in [-0.39, 0.29) is 17.7 Å². The minimum Gasteiger partial charge on any atom is -0.375 e. The van der Waals surface area contributed by atoms with Crippen molar-refractivity contribution in [2.75, 3.05) is 5.32 Å². The first-order chi connectivity index (χ1) is 7.09. The predicted octanol–water partition coefficient (Wildman–Crippen LogP) is 1.54. The average Bonchev–Trinajstić information content (AvgIpc) is 2.44. The maximum absolute atomic E-state index is 13.3. The Kier molecular flexibility index (Phi) is 2.08. The highest BCUT2D eigenvalue weighted by Crippen LogP contribution is 2.39. The molecule has 3 nitrogen and oxygen atoms in total. The van der Waals surface area contributed by atoms with Crippen molar-refractivity contribution >= 4 is 11.6 Å². The van der Waals surface area contributed by atoms with Crippen LogP contribution in [0.5, 0.6) is 0 Å². The summed E-state index contributed by atoms with van der Waals surface area (Å²) in [6.45, 7) is 3.47. The van der Waals surface area contributed by atoms with E-state index in [4.69, 9.17) is 0 Å². The lowest BCUT2D eigenvalue weighted by atomic mass is 9.92. The highest BCUT2D eigenvalue weighted by molar-refractivity contribution is 6.05. The second-order valence-electron chi connectivity index (χ2n) is 3.47. The Morgan fingerprint density at radius 1 is 1.60 bits per heavy atom. The summed E-state index contributed by atoms with van der Waals surface area (Å²) in [6, 6.07) is 4.22. The van der Waals surface area contributed by atoms with Crippen molar-refractivity contribution in [2.24, 2.45) is 0 Å². The first-order valence-electron chi connectivity index (χ1n) is 4.53. The van der Waals surface area contributed by atoms with Crippen molar-refractivity contribution in [2.45, 2.75) is 12.0 Å². The van der Waals surface area contributed by atoms with Gasteiger partial charge in [0.05, 0.1) is 5.69 Å². The van der Waals surface area contributed by atoms with Gasteiger partial charge in [0.1, 0.15) is 5.82 Å². The van der Waals surface area contributed by atoms with E-state index in [0.29, 0.717) is 0 Å². The number of para-hydroxylation sites is 1. The molecule has 78 valence electrons. The van der Waals surface area contributed by atoms with E-state index in [1.54, 1.807) is 0 Å². The van der Waals surface area contributed by atoms with Crippen LogP contribution in [0.1, 0.15) is 12.0 Å². The van der Waals surface area contributed by atoms with Crippen molar-refractivity contribution < 1.29 is 14.3 Å². The fraction of sp³-hybridized carbons (Fsp3) is 0.182. The highest BCUT2D eigenvalue weighted by atomic mass is 19.1. The first-order valence-corrected chi connectivity index (χ1v) is 4.53. The fourth-order valence-electron chi connectivity index (χ4n) is 1.75. The quantitative estimate of drug-likeness (QED) is 0.723. The molecular weight excluding hydrogens is 197 g/mol. The van der Waals surface area contributed by atoms with E-state index in [0.717, 1.165) is 0 Å². The molecule has 0 radical (unpaired) electrons. The van der Waals surface area contributed by atoms with E-state index in [1.165, 1.54) is 24.3 Å². The van der Waals surface area contributed by atoms with E-state index < -0.39 is 17.3 Å². The van der Waals surface area contributed by atoms with Gasteiger partial charge in [0.25, 0.3) is 5.91 Å². The summed E-state index contributed by atoms with van der Waals surface area (Å²) in [5, 5.41) is 12.4. The molecule has 0 unspecified atom stereocenters. The van der Waals surface area contributed by atoms with E-state index in [9.17, 15) is 14.3 Å². The minimum atomic E-state index is -1.68. The Morgan fingerprint density at radius 2 is 2.33 bits per heavy atom. The molecule has 0 aliphatic carbocycles. The van der Waals surface area contributed by atoms with Crippen LogP contribution in [0.2, 0.25) is 0 Å². The summed E-state index contributed by atoms with van der Waals surface area (Å²) >= 11 is 0. The smallest absolute Gasteiger partial charge is 0.261 e. The minimum absolute atomic E-state index is 0.0619. The Balaban J connectivity index is 2.59. The summed E-state index contributed by atoms with van der Waals surface area (Å²) in [7, 11) is 0. The van der Waals surface area contributed by atoms with Crippen LogP contribution in [0, 0.1) is 5.82 Å². The van der Waals surface area contributed by atoms with Crippen LogP contribution in [-0.4, -0.2) is 11.0 Å². The second kappa shape index (κ2) is 3.17. The maximum atomic E-state index is 13.3. The number of anilines is 1. The van der Waals surface area contributed by atoms with E-state index in [1.807, 2.05) is 0 Å². The number of benzene rings is 1. The molecule has 0 fully saturated rings. The fourth-order valence-corrected chi connectivity index (χ4v) is 1.75. The summed E-state index contributed by atoms with van der Waals surface area (Å²) < 4.78 is 13.3. The van der Waals surface area contributed by atoms with Gasteiger partial charge in [-0.15, -0.1) is 6.58 Å². The molecule has 0 saturated carbocycles. The number of aliphatic hydroxyl groups is 1. The molecular formula is C11H10FNO2. The molecule has 1 aromatic carbocycles. The van der Waals surface area contributed by atoms with Crippen molar-refractivity contribution in [3.8, 4) is 0 Å². The van der Waals surface area contributed by atoms with Crippen LogP contribution in [-0.2, 0) is 10.4 Å². The van der Waals surface area contributed by atoms with E-state index in [2.05, 4.69) is 11.9 Å². The standard InChI is InChI=1S/C11H10FNO2/c1-2-6-11(15)7-4-3-5-8(12)9(7)13-10(11)14/h2-5,15H,1,6H2,(H,13,14)/t11-/m1/s1. The van der Waals surface area contributed by atoms with Crippen LogP contribution >= 0.6 is 0 Å². The Hall–Kier alpha value is -1.68. The number of hydrogen-bond acceptors (Lipinski definition) is 2. The number of amides is 1. The van der Waals surface area contributed by atoms with Gasteiger partial charge in [-0.1, -0.05) is 18.2 Å². The molecule has 0 saturated heterocycles. The zero-order chi connectivity index (χ0) is 11.1. The van der Waals surface area contributed by atoms with Gasteiger partial charge in [-0.2, -0.15) is 0 Å². The van der Waals surface area contributed by atoms with Crippen LogP contribution in [0.15, 0.2) is 30.9 Å². The zero-order valence-electron chi connectivity index (χ0n) is 7.96. The molecule has 1 aromatic rings. The number of carbonyl (C=O) groups is 1. The second-order valence-corrected chi connectivity index (χ2v) is 3.47. The predicted molar refractivity (Wildman–Crippen MR) is 53.7 cm³/mol. The van der Waals surface area contributed by atoms with Gasteiger partial charge >= 0.3 is 0 Å². The molecule has 0 spiro atoms. The van der Waals surface area contributed by atoms with Gasteiger partial charge in [-0.05, 0) is 6.07 Å². The Labute approximate surface area is 86.2 Å². The van der Waals surface area contributed by atoms with Gasteiger partial charge in [0, 0.05) is 12.0 Å². The molecule has 1 heterocycles. The maximum Gasteiger partial charge on any atom is 0.261 e. The molecule has 0 bridgehead atoms. The van der Waals surface area contributed by atoms with Gasteiger partial charge < -0.3 is 10.4 Å². The molecule has 2 rings (SSSR count). The SMILES string of the molecule is C=CC[C@]1(O)C(=O)Nc2c(F)cccc21. The zero-order valence-corrected chi connectivity index (χ0v) is 7.96. The molecule has 1 atom stereocenters. The molecule has 1 aliphatic rings. The Morgan fingerprint density at radius 3 is 3.00 bits per heavy atom. The van der Waals surface area contributed by atoms with Gasteiger partial charge in [0.2, 0.25) is 0 Å². The first kappa shape index (κ1) is 9.86. The van der Waals surface area contributed by atoms with Gasteiger partial charge in [-0.25, -0.2) is 4.39 Å². The van der Waals surface area contributed by atoms with E-state index >= 15 is 0 Å². The number of carbonyl (C=O) groups excluding carboxylic acids is 1. The number of fused-ring (bicyclic) bond motifs is 1. The molecule has 0 aromatic heterocycles. The normalized spacial score (nSPS) is 23.5. The van der Waals surface area contributed by atoms with Crippen LogP contribution in [0.3, 0.4) is 0 Å². The Bertz CT molecular complexity index is 444. The van der Waals surface area contributed by atoms with Crippen molar-refractivity contribution in [1.82, 2.24) is 0 Å². The molecule has 1 aliphatic heterocycles. The number of halogens is 1.